The van der Waals surface area contributed by atoms with E-state index in [4.69, 9.17) is 10.4 Å². The monoisotopic (exact) mass is 346 g/mol. The van der Waals surface area contributed by atoms with Crippen molar-refractivity contribution in [2.24, 2.45) is 0 Å². The van der Waals surface area contributed by atoms with Gasteiger partial charge in [0.2, 0.25) is 0 Å². The van der Waals surface area contributed by atoms with E-state index in [1.54, 1.807) is 54.6 Å². The van der Waals surface area contributed by atoms with Crippen LogP contribution in [0.25, 0.3) is 10.8 Å². The normalized spacial score (nSPS) is 10.1. The summed E-state index contributed by atoms with van der Waals surface area (Å²) in [6.07, 6.45) is -1.39. The Morgan fingerprint density at radius 2 is 1.85 bits per heavy atom. The molecule has 0 spiro atoms. The number of nitrogens with zero attached hydrogens (tertiary/aromatic N) is 1. The Hall–Kier alpha value is -3.85. The molecule has 0 bridgehead atoms. The van der Waals surface area contributed by atoms with Gasteiger partial charge in [-0.05, 0) is 52.7 Å². The zero-order valence-corrected chi connectivity index (χ0v) is 13.6. The fraction of sp³-hybridized carbons (Fsp3) is 0.0500. The van der Waals surface area contributed by atoms with Crippen LogP contribution in [0.4, 0.5) is 4.79 Å². The fourth-order valence-electron chi connectivity index (χ4n) is 2.60. The maximum Gasteiger partial charge on any atom is 0.511 e. The highest BCUT2D eigenvalue weighted by atomic mass is 16.7. The van der Waals surface area contributed by atoms with Crippen LogP contribution in [0.15, 0.2) is 60.7 Å². The van der Waals surface area contributed by atoms with E-state index in [0.717, 1.165) is 5.56 Å². The Kier molecular flexibility index (Phi) is 4.81. The van der Waals surface area contributed by atoms with Crippen molar-refractivity contribution in [2.75, 3.05) is 0 Å². The summed E-state index contributed by atoms with van der Waals surface area (Å²) in [4.78, 5) is 23.2. The van der Waals surface area contributed by atoms with Crippen molar-refractivity contribution in [3.63, 3.8) is 0 Å². The quantitative estimate of drug-likeness (QED) is 0.554. The molecule has 0 fully saturated rings. The molecule has 3 aromatic rings. The molecule has 2 N–H and O–H groups in total. The van der Waals surface area contributed by atoms with Crippen molar-refractivity contribution in [1.82, 2.24) is 5.32 Å². The Morgan fingerprint density at radius 1 is 1.08 bits per heavy atom. The minimum Gasteiger partial charge on any atom is -0.449 e. The molecule has 128 valence electrons. The molecule has 3 rings (SSSR count). The molecule has 0 atom stereocenters. The lowest BCUT2D eigenvalue weighted by atomic mass is 10.0. The second-order valence-corrected chi connectivity index (χ2v) is 5.55. The van der Waals surface area contributed by atoms with Gasteiger partial charge in [-0.1, -0.05) is 24.3 Å². The first kappa shape index (κ1) is 17.0. The second kappa shape index (κ2) is 7.36. The van der Waals surface area contributed by atoms with Gasteiger partial charge in [-0.3, -0.25) is 4.79 Å². The van der Waals surface area contributed by atoms with Crippen LogP contribution >= 0.6 is 0 Å². The topological polar surface area (TPSA) is 99.4 Å². The fourth-order valence-corrected chi connectivity index (χ4v) is 2.60. The zero-order valence-electron chi connectivity index (χ0n) is 13.6. The molecule has 0 radical (unpaired) electrons. The number of hydrogen-bond acceptors (Lipinski definition) is 4. The van der Waals surface area contributed by atoms with Crippen molar-refractivity contribution in [3.05, 3.63) is 77.4 Å². The van der Waals surface area contributed by atoms with Crippen molar-refractivity contribution >= 4 is 22.8 Å². The SMILES string of the molecule is N#Cc1ccc(CNC(=O)c2cccc3cc(OC(=O)O)ccc23)cc1. The Balaban J connectivity index is 1.79. The van der Waals surface area contributed by atoms with Gasteiger partial charge in [0.1, 0.15) is 5.75 Å². The van der Waals surface area contributed by atoms with Gasteiger partial charge < -0.3 is 15.2 Å². The highest BCUT2D eigenvalue weighted by Crippen LogP contribution is 2.24. The lowest BCUT2D eigenvalue weighted by Crippen LogP contribution is -2.23. The van der Waals surface area contributed by atoms with Gasteiger partial charge in [0.05, 0.1) is 11.6 Å². The van der Waals surface area contributed by atoms with Crippen molar-refractivity contribution in [3.8, 4) is 11.8 Å². The molecular formula is C20H14N2O4. The van der Waals surface area contributed by atoms with Gasteiger partial charge in [-0.15, -0.1) is 0 Å². The summed E-state index contributed by atoms with van der Waals surface area (Å²) in [6.45, 7) is 0.334. The van der Waals surface area contributed by atoms with Gasteiger partial charge in [-0.25, -0.2) is 4.79 Å². The zero-order chi connectivity index (χ0) is 18.5. The van der Waals surface area contributed by atoms with Crippen molar-refractivity contribution < 1.29 is 19.4 Å². The summed E-state index contributed by atoms with van der Waals surface area (Å²) in [5.41, 5.74) is 1.93. The van der Waals surface area contributed by atoms with E-state index in [2.05, 4.69) is 10.1 Å². The Bertz CT molecular complexity index is 1020. The van der Waals surface area contributed by atoms with Gasteiger partial charge in [-0.2, -0.15) is 5.26 Å². The van der Waals surface area contributed by atoms with Crippen LogP contribution in [0.5, 0.6) is 5.75 Å². The number of nitriles is 1. The molecule has 0 saturated heterocycles. The Labute approximate surface area is 149 Å². The van der Waals surface area contributed by atoms with Crippen LogP contribution in [-0.4, -0.2) is 17.2 Å². The molecule has 0 aliphatic rings. The number of carboxylic acid groups (broad SMARTS) is 1. The number of hydrogen-bond donors (Lipinski definition) is 2. The summed E-state index contributed by atoms with van der Waals surface area (Å²) < 4.78 is 4.64. The number of benzene rings is 3. The Morgan fingerprint density at radius 3 is 2.54 bits per heavy atom. The first-order chi connectivity index (χ1) is 12.6. The molecule has 0 heterocycles. The standard InChI is InChI=1S/C20H14N2O4/c21-11-13-4-6-14(7-5-13)12-22-19(23)18-3-1-2-15-10-16(26-20(24)25)8-9-17(15)18/h1-10H,12H2,(H,22,23)(H,24,25). The predicted molar refractivity (Wildman–Crippen MR) is 94.9 cm³/mol. The summed E-state index contributed by atoms with van der Waals surface area (Å²) in [7, 11) is 0. The van der Waals surface area contributed by atoms with Gasteiger partial charge in [0.15, 0.2) is 0 Å². The van der Waals surface area contributed by atoms with E-state index in [9.17, 15) is 9.59 Å². The summed E-state index contributed by atoms with van der Waals surface area (Å²) in [5, 5.41) is 21.7. The molecule has 0 unspecified atom stereocenters. The number of ether oxygens (including phenoxy) is 1. The molecule has 6 heteroatoms. The number of nitrogens with one attached hydrogen (secondary N) is 1. The lowest BCUT2D eigenvalue weighted by molar-refractivity contribution is 0.0952. The van der Waals surface area contributed by atoms with Gasteiger partial charge in [0, 0.05) is 12.1 Å². The van der Waals surface area contributed by atoms with E-state index in [1.165, 1.54) is 6.07 Å². The van der Waals surface area contributed by atoms with Crippen LogP contribution < -0.4 is 10.1 Å². The number of carbonyl (C=O) groups is 2. The third-order valence-electron chi connectivity index (χ3n) is 3.84. The number of amides is 1. The first-order valence-corrected chi connectivity index (χ1v) is 7.77. The predicted octanol–water partition coefficient (Wildman–Crippen LogP) is 3.70. The average molecular weight is 346 g/mol. The molecule has 6 nitrogen and oxygen atoms in total. The summed E-state index contributed by atoms with van der Waals surface area (Å²) in [6, 6.07) is 19.0. The minimum absolute atomic E-state index is 0.195. The van der Waals surface area contributed by atoms with Crippen LogP contribution in [-0.2, 0) is 6.54 Å². The van der Waals surface area contributed by atoms with Crippen LogP contribution in [0, 0.1) is 11.3 Å². The third-order valence-corrected chi connectivity index (χ3v) is 3.84. The maximum atomic E-state index is 12.5. The lowest BCUT2D eigenvalue weighted by Gasteiger charge is -2.09. The molecular weight excluding hydrogens is 332 g/mol. The number of fused-ring (bicyclic) bond motifs is 1. The first-order valence-electron chi connectivity index (χ1n) is 7.77. The van der Waals surface area contributed by atoms with Crippen LogP contribution in [0.1, 0.15) is 21.5 Å². The van der Waals surface area contributed by atoms with E-state index in [-0.39, 0.29) is 11.7 Å². The molecule has 1 amide bonds. The summed E-state index contributed by atoms with van der Waals surface area (Å²) in [5.74, 6) is -0.0491. The molecule has 3 aromatic carbocycles. The average Bonchev–Trinajstić information content (AvgIpc) is 2.65. The molecule has 26 heavy (non-hydrogen) atoms. The number of carbonyl (C=O) groups excluding carboxylic acids is 1. The van der Waals surface area contributed by atoms with E-state index < -0.39 is 6.16 Å². The molecule has 0 aliphatic heterocycles. The van der Waals surface area contributed by atoms with E-state index in [1.807, 2.05) is 6.07 Å². The smallest absolute Gasteiger partial charge is 0.449 e. The van der Waals surface area contributed by atoms with Crippen molar-refractivity contribution in [1.29, 1.82) is 5.26 Å². The number of rotatable bonds is 4. The maximum absolute atomic E-state index is 12.5. The van der Waals surface area contributed by atoms with E-state index in [0.29, 0.717) is 28.4 Å². The largest absolute Gasteiger partial charge is 0.511 e. The highest BCUT2D eigenvalue weighted by Gasteiger charge is 2.11. The molecule has 0 aliphatic carbocycles. The van der Waals surface area contributed by atoms with Gasteiger partial charge in [0.25, 0.3) is 5.91 Å². The van der Waals surface area contributed by atoms with Gasteiger partial charge >= 0.3 is 6.16 Å². The van der Waals surface area contributed by atoms with Crippen LogP contribution in [0.3, 0.4) is 0 Å². The third kappa shape index (κ3) is 3.79. The van der Waals surface area contributed by atoms with Crippen LogP contribution in [0.2, 0.25) is 0 Å². The summed E-state index contributed by atoms with van der Waals surface area (Å²) >= 11 is 0. The van der Waals surface area contributed by atoms with Crippen molar-refractivity contribution in [2.45, 2.75) is 6.54 Å². The highest BCUT2D eigenvalue weighted by molar-refractivity contribution is 6.07. The molecule has 0 saturated carbocycles. The second-order valence-electron chi connectivity index (χ2n) is 5.55. The van der Waals surface area contributed by atoms with E-state index >= 15 is 0 Å². The minimum atomic E-state index is -1.39. The molecule has 0 aromatic heterocycles.